The van der Waals surface area contributed by atoms with Gasteiger partial charge in [0.1, 0.15) is 0 Å². The molecular formula is C17H28N2O. The van der Waals surface area contributed by atoms with Gasteiger partial charge in [-0.05, 0) is 53.0 Å². The van der Waals surface area contributed by atoms with Crippen molar-refractivity contribution in [1.29, 1.82) is 0 Å². The number of ether oxygens (including phenoxy) is 1. The second-order valence-electron chi connectivity index (χ2n) is 7.24. The number of rotatable bonds is 4. The Balaban J connectivity index is 2.16. The monoisotopic (exact) mass is 276 g/mol. The predicted molar refractivity (Wildman–Crippen MR) is 83.3 cm³/mol. The van der Waals surface area contributed by atoms with E-state index in [0.717, 1.165) is 12.8 Å². The van der Waals surface area contributed by atoms with Crippen LogP contribution in [-0.2, 0) is 11.2 Å². The summed E-state index contributed by atoms with van der Waals surface area (Å²) < 4.78 is 6.20. The summed E-state index contributed by atoms with van der Waals surface area (Å²) in [4.78, 5) is 0. The van der Waals surface area contributed by atoms with Gasteiger partial charge in [0.25, 0.3) is 0 Å². The van der Waals surface area contributed by atoms with Crippen molar-refractivity contribution >= 4 is 0 Å². The number of aryl methyl sites for hydroxylation is 1. The molecule has 1 heterocycles. The molecule has 0 radical (unpaired) electrons. The normalized spacial score (nSPS) is 25.6. The molecule has 0 bridgehead atoms. The molecule has 0 aromatic heterocycles. The smallest absolute Gasteiger partial charge is 0.0678 e. The van der Waals surface area contributed by atoms with Crippen LogP contribution in [0.1, 0.15) is 45.2 Å². The lowest BCUT2D eigenvalue weighted by Crippen LogP contribution is -2.48. The van der Waals surface area contributed by atoms with E-state index in [2.05, 4.69) is 64.3 Å². The maximum absolute atomic E-state index is 6.20. The van der Waals surface area contributed by atoms with Crippen LogP contribution in [-0.4, -0.2) is 17.2 Å². The van der Waals surface area contributed by atoms with E-state index in [9.17, 15) is 0 Å². The molecule has 1 fully saturated rings. The minimum atomic E-state index is -0.148. The Morgan fingerprint density at radius 1 is 1.35 bits per heavy atom. The molecule has 2 rings (SSSR count). The summed E-state index contributed by atoms with van der Waals surface area (Å²) in [6, 6.07) is 8.87. The maximum atomic E-state index is 6.20. The minimum Gasteiger partial charge on any atom is -0.369 e. The third-order valence-electron chi connectivity index (χ3n) is 4.38. The van der Waals surface area contributed by atoms with E-state index in [0.29, 0.717) is 5.92 Å². The molecule has 112 valence electrons. The first kappa shape index (κ1) is 15.5. The van der Waals surface area contributed by atoms with Crippen molar-refractivity contribution < 1.29 is 4.74 Å². The van der Waals surface area contributed by atoms with E-state index >= 15 is 0 Å². The largest absolute Gasteiger partial charge is 0.369 e. The Hall–Kier alpha value is -0.900. The number of benzene rings is 1. The molecule has 0 aliphatic carbocycles. The van der Waals surface area contributed by atoms with Crippen LogP contribution < -0.4 is 11.3 Å². The van der Waals surface area contributed by atoms with Crippen molar-refractivity contribution in [2.75, 3.05) is 0 Å². The lowest BCUT2D eigenvalue weighted by atomic mass is 9.79. The first-order valence-corrected chi connectivity index (χ1v) is 7.45. The van der Waals surface area contributed by atoms with Gasteiger partial charge in [-0.2, -0.15) is 0 Å². The maximum Gasteiger partial charge on any atom is 0.0678 e. The molecule has 3 N–H and O–H groups in total. The first-order valence-electron chi connectivity index (χ1n) is 7.45. The molecule has 1 aliphatic rings. The Kier molecular flexibility index (Phi) is 4.24. The number of nitrogens with two attached hydrogens (primary N) is 1. The average Bonchev–Trinajstić information content (AvgIpc) is 2.54. The summed E-state index contributed by atoms with van der Waals surface area (Å²) in [5, 5.41) is 0. The highest BCUT2D eigenvalue weighted by Gasteiger charge is 2.48. The summed E-state index contributed by atoms with van der Waals surface area (Å²) in [7, 11) is 0. The highest BCUT2D eigenvalue weighted by molar-refractivity contribution is 5.23. The quantitative estimate of drug-likeness (QED) is 0.656. The summed E-state index contributed by atoms with van der Waals surface area (Å²) in [6.45, 7) is 10.8. The zero-order chi connectivity index (χ0) is 15.0. The molecule has 0 saturated carbocycles. The van der Waals surface area contributed by atoms with Crippen LogP contribution in [0.3, 0.4) is 0 Å². The van der Waals surface area contributed by atoms with Gasteiger partial charge in [0.2, 0.25) is 0 Å². The van der Waals surface area contributed by atoms with E-state index in [-0.39, 0.29) is 17.2 Å². The van der Waals surface area contributed by atoms with Crippen molar-refractivity contribution in [2.24, 2.45) is 11.8 Å². The van der Waals surface area contributed by atoms with Crippen LogP contribution in [0.2, 0.25) is 0 Å². The van der Waals surface area contributed by atoms with Crippen LogP contribution in [0.5, 0.6) is 0 Å². The number of nitrogens with one attached hydrogen (secondary N) is 1. The number of hydrogen-bond acceptors (Lipinski definition) is 3. The highest BCUT2D eigenvalue weighted by Crippen LogP contribution is 2.44. The van der Waals surface area contributed by atoms with Gasteiger partial charge in [-0.15, -0.1) is 0 Å². The van der Waals surface area contributed by atoms with Crippen LogP contribution >= 0.6 is 0 Å². The molecule has 3 nitrogen and oxygen atoms in total. The Morgan fingerprint density at radius 2 is 2.05 bits per heavy atom. The second kappa shape index (κ2) is 5.47. The molecule has 1 aliphatic heterocycles. The average molecular weight is 276 g/mol. The number of hydrazine groups is 1. The fourth-order valence-corrected chi connectivity index (χ4v) is 3.64. The number of hydrogen-bond donors (Lipinski definition) is 2. The van der Waals surface area contributed by atoms with Gasteiger partial charge >= 0.3 is 0 Å². The summed E-state index contributed by atoms with van der Waals surface area (Å²) in [6.07, 6.45) is 1.96. The first-order chi connectivity index (χ1) is 9.23. The van der Waals surface area contributed by atoms with Gasteiger partial charge in [0.15, 0.2) is 0 Å². The van der Waals surface area contributed by atoms with E-state index < -0.39 is 0 Å². The van der Waals surface area contributed by atoms with Gasteiger partial charge in [-0.3, -0.25) is 11.3 Å². The molecule has 1 aromatic carbocycles. The van der Waals surface area contributed by atoms with E-state index in [1.165, 1.54) is 11.1 Å². The zero-order valence-electron chi connectivity index (χ0n) is 13.4. The summed E-state index contributed by atoms with van der Waals surface area (Å²) >= 11 is 0. The third kappa shape index (κ3) is 3.40. The van der Waals surface area contributed by atoms with Crippen molar-refractivity contribution in [2.45, 2.75) is 64.7 Å². The molecule has 0 spiro atoms. The van der Waals surface area contributed by atoms with Crippen LogP contribution in [0, 0.1) is 12.8 Å². The molecule has 3 heteroatoms. The van der Waals surface area contributed by atoms with Crippen molar-refractivity contribution in [3.8, 4) is 0 Å². The van der Waals surface area contributed by atoms with Gasteiger partial charge in [0, 0.05) is 12.0 Å². The van der Waals surface area contributed by atoms with E-state index in [4.69, 9.17) is 10.6 Å². The van der Waals surface area contributed by atoms with Gasteiger partial charge in [-0.1, -0.05) is 29.8 Å². The predicted octanol–water partition coefficient (Wildman–Crippen LogP) is 2.96. The van der Waals surface area contributed by atoms with Gasteiger partial charge in [-0.25, -0.2) is 0 Å². The third-order valence-corrected chi connectivity index (χ3v) is 4.38. The van der Waals surface area contributed by atoms with Crippen molar-refractivity contribution in [1.82, 2.24) is 5.43 Å². The van der Waals surface area contributed by atoms with Gasteiger partial charge < -0.3 is 4.74 Å². The van der Waals surface area contributed by atoms with Crippen molar-refractivity contribution in [3.63, 3.8) is 0 Å². The van der Waals surface area contributed by atoms with Crippen LogP contribution in [0.4, 0.5) is 0 Å². The lowest BCUT2D eigenvalue weighted by molar-refractivity contribution is -0.0776. The molecule has 1 saturated heterocycles. The zero-order valence-corrected chi connectivity index (χ0v) is 13.4. The molecular weight excluding hydrogens is 248 g/mol. The summed E-state index contributed by atoms with van der Waals surface area (Å²) in [5.74, 6) is 6.25. The fourth-order valence-electron chi connectivity index (χ4n) is 3.64. The Morgan fingerprint density at radius 3 is 2.55 bits per heavy atom. The molecule has 2 atom stereocenters. The summed E-state index contributed by atoms with van der Waals surface area (Å²) in [5.41, 5.74) is 5.42. The van der Waals surface area contributed by atoms with E-state index in [1.54, 1.807) is 0 Å². The molecule has 2 unspecified atom stereocenters. The van der Waals surface area contributed by atoms with Crippen LogP contribution in [0.25, 0.3) is 0 Å². The lowest BCUT2D eigenvalue weighted by Gasteiger charge is -2.32. The van der Waals surface area contributed by atoms with E-state index in [1.807, 2.05) is 0 Å². The molecule has 1 aromatic rings. The fraction of sp³-hybridized carbons (Fsp3) is 0.647. The standard InChI is InChI=1S/C17H28N2O/c1-12-7-6-8-13(9-12)10-15(19-18)14-11-16(2,3)20-17(14,4)5/h6-9,14-15,19H,10-11,18H2,1-5H3. The minimum absolute atomic E-state index is 0.0735. The second-order valence-corrected chi connectivity index (χ2v) is 7.24. The topological polar surface area (TPSA) is 47.3 Å². The van der Waals surface area contributed by atoms with Crippen LogP contribution in [0.15, 0.2) is 24.3 Å². The van der Waals surface area contributed by atoms with Crippen molar-refractivity contribution in [3.05, 3.63) is 35.4 Å². The molecule has 20 heavy (non-hydrogen) atoms. The SMILES string of the molecule is Cc1cccc(CC(NN)C2CC(C)(C)OC2(C)C)c1. The van der Waals surface area contributed by atoms with Gasteiger partial charge in [0.05, 0.1) is 11.2 Å². The molecule has 0 amide bonds. The Bertz CT molecular complexity index is 468. The Labute approximate surface area is 122 Å². The highest BCUT2D eigenvalue weighted by atomic mass is 16.5.